The summed E-state index contributed by atoms with van der Waals surface area (Å²) < 4.78 is 12.8. The molecule has 3 aromatic rings. The van der Waals surface area contributed by atoms with Crippen LogP contribution in [0.3, 0.4) is 0 Å². The molecule has 0 spiro atoms. The summed E-state index contributed by atoms with van der Waals surface area (Å²) in [6, 6.07) is 12.8. The van der Waals surface area contributed by atoms with Gasteiger partial charge in [-0.05, 0) is 31.2 Å². The normalized spacial score (nSPS) is 13.4. The van der Waals surface area contributed by atoms with Crippen LogP contribution < -0.4 is 20.6 Å². The van der Waals surface area contributed by atoms with Crippen molar-refractivity contribution in [2.24, 2.45) is 0 Å². The number of aromatic nitrogens is 3. The summed E-state index contributed by atoms with van der Waals surface area (Å²) in [5.74, 6) is 7.75. The summed E-state index contributed by atoms with van der Waals surface area (Å²) in [4.78, 5) is 12.5. The van der Waals surface area contributed by atoms with E-state index in [1.165, 1.54) is 16.4 Å². The van der Waals surface area contributed by atoms with E-state index in [1.54, 1.807) is 25.1 Å². The first-order valence-electron chi connectivity index (χ1n) is 8.35. The predicted molar refractivity (Wildman–Crippen MR) is 110 cm³/mol. The third-order valence-electron chi connectivity index (χ3n) is 4.07. The number of carbonyl (C=O) groups excluding carboxylic acids is 1. The summed E-state index contributed by atoms with van der Waals surface area (Å²) in [5.41, 5.74) is 1.45. The van der Waals surface area contributed by atoms with Crippen LogP contribution in [0.2, 0.25) is 0 Å². The number of nitrogens with zero attached hydrogens (tertiary/aromatic N) is 3. The largest absolute Gasteiger partial charge is 0.454 e. The number of rotatable bonds is 5. The molecule has 2 heterocycles. The number of nitrogens with one attached hydrogen (secondary N) is 1. The molecule has 10 heteroatoms. The minimum atomic E-state index is -0.441. The van der Waals surface area contributed by atoms with Crippen molar-refractivity contribution in [3.63, 3.8) is 0 Å². The summed E-state index contributed by atoms with van der Waals surface area (Å²) in [6.07, 6.45) is 0. The summed E-state index contributed by atoms with van der Waals surface area (Å²) in [5, 5.41) is 11.1. The Hall–Kier alpha value is -2.72. The number of anilines is 1. The molecule has 4 rings (SSSR count). The fourth-order valence-electron chi connectivity index (χ4n) is 2.61. The first-order chi connectivity index (χ1) is 13.5. The Balaban J connectivity index is 1.46. The highest BCUT2D eigenvalue weighted by Gasteiger charge is 2.21. The number of hydrogen-bond acceptors (Lipinski definition) is 7. The van der Waals surface area contributed by atoms with E-state index in [1.807, 2.05) is 24.3 Å². The topological polar surface area (TPSA) is 104 Å². The van der Waals surface area contributed by atoms with Crippen LogP contribution in [0.5, 0.6) is 11.5 Å². The van der Waals surface area contributed by atoms with Crippen LogP contribution in [0.4, 0.5) is 5.69 Å². The molecule has 3 N–H and O–H groups in total. The van der Waals surface area contributed by atoms with Gasteiger partial charge in [0.25, 0.3) is 0 Å². The highest BCUT2D eigenvalue weighted by molar-refractivity contribution is 9.10. The third kappa shape index (κ3) is 3.65. The molecule has 0 saturated heterocycles. The van der Waals surface area contributed by atoms with Gasteiger partial charge in [-0.2, -0.15) is 0 Å². The molecule has 28 heavy (non-hydrogen) atoms. The average Bonchev–Trinajstić information content (AvgIpc) is 3.29. The molecular weight excluding hydrogens is 446 g/mol. The number of hydrogen-bond donors (Lipinski definition) is 2. The first kappa shape index (κ1) is 18.6. The quantitative estimate of drug-likeness (QED) is 0.443. The molecule has 0 fully saturated rings. The SMILES string of the molecule is CC(Sc1nnc(-c2ccccc2Br)n1N)C(=O)Nc1ccc2c(c1)OCO2. The monoisotopic (exact) mass is 461 g/mol. The summed E-state index contributed by atoms with van der Waals surface area (Å²) in [6.45, 7) is 1.96. The van der Waals surface area contributed by atoms with Gasteiger partial charge in [0.05, 0.1) is 5.25 Å². The van der Waals surface area contributed by atoms with Crippen LogP contribution in [-0.2, 0) is 4.79 Å². The molecule has 1 aromatic heterocycles. The molecule has 1 aliphatic rings. The van der Waals surface area contributed by atoms with E-state index in [2.05, 4.69) is 31.4 Å². The second kappa shape index (κ2) is 7.72. The molecule has 0 saturated carbocycles. The van der Waals surface area contributed by atoms with Crippen LogP contribution >= 0.6 is 27.7 Å². The van der Waals surface area contributed by atoms with E-state index in [4.69, 9.17) is 15.3 Å². The van der Waals surface area contributed by atoms with Crippen molar-refractivity contribution in [1.29, 1.82) is 0 Å². The first-order valence-corrected chi connectivity index (χ1v) is 10.0. The molecule has 0 aliphatic carbocycles. The molecule has 2 aromatic carbocycles. The zero-order valence-electron chi connectivity index (χ0n) is 14.8. The van der Waals surface area contributed by atoms with Crippen LogP contribution in [0.1, 0.15) is 6.92 Å². The third-order valence-corrected chi connectivity index (χ3v) is 5.82. The van der Waals surface area contributed by atoms with Gasteiger partial charge < -0.3 is 20.6 Å². The van der Waals surface area contributed by atoms with Crippen molar-refractivity contribution < 1.29 is 14.3 Å². The molecular formula is C18H16BrN5O3S. The molecule has 0 radical (unpaired) electrons. The summed E-state index contributed by atoms with van der Waals surface area (Å²) in [7, 11) is 0. The molecule has 8 nitrogen and oxygen atoms in total. The van der Waals surface area contributed by atoms with Crippen molar-refractivity contribution in [3.05, 3.63) is 46.9 Å². The van der Waals surface area contributed by atoms with Gasteiger partial charge in [0.15, 0.2) is 17.3 Å². The summed E-state index contributed by atoms with van der Waals surface area (Å²) >= 11 is 4.71. The Morgan fingerprint density at radius 1 is 1.25 bits per heavy atom. The zero-order valence-corrected chi connectivity index (χ0v) is 17.2. The lowest BCUT2D eigenvalue weighted by Gasteiger charge is -2.12. The Bertz CT molecular complexity index is 1040. The molecule has 1 amide bonds. The van der Waals surface area contributed by atoms with Crippen molar-refractivity contribution in [2.45, 2.75) is 17.3 Å². The van der Waals surface area contributed by atoms with E-state index in [0.29, 0.717) is 28.2 Å². The maximum absolute atomic E-state index is 12.5. The lowest BCUT2D eigenvalue weighted by molar-refractivity contribution is -0.115. The molecule has 0 bridgehead atoms. The Labute approximate surface area is 173 Å². The average molecular weight is 462 g/mol. The number of nitrogen functional groups attached to an aromatic ring is 1. The number of halogens is 1. The lowest BCUT2D eigenvalue weighted by Crippen LogP contribution is -2.23. The van der Waals surface area contributed by atoms with Gasteiger partial charge in [0, 0.05) is 21.8 Å². The number of amides is 1. The van der Waals surface area contributed by atoms with Crippen molar-refractivity contribution in [2.75, 3.05) is 18.0 Å². The second-order valence-electron chi connectivity index (χ2n) is 5.97. The Morgan fingerprint density at radius 2 is 2.04 bits per heavy atom. The molecule has 1 atom stereocenters. The number of fused-ring (bicyclic) bond motifs is 1. The van der Waals surface area contributed by atoms with Gasteiger partial charge in [-0.1, -0.05) is 39.8 Å². The fourth-order valence-corrected chi connectivity index (χ4v) is 3.85. The standard InChI is InChI=1S/C18H16BrN5O3S/c1-10(17(25)21-11-6-7-14-15(8-11)27-9-26-14)28-18-23-22-16(24(18)20)12-4-2-3-5-13(12)19/h2-8,10H,9,20H2,1H3,(H,21,25). The van der Waals surface area contributed by atoms with Gasteiger partial charge >= 0.3 is 0 Å². The van der Waals surface area contributed by atoms with Crippen molar-refractivity contribution in [1.82, 2.24) is 14.9 Å². The number of benzene rings is 2. The van der Waals surface area contributed by atoms with Gasteiger partial charge in [-0.15, -0.1) is 10.2 Å². The van der Waals surface area contributed by atoms with Crippen LogP contribution in [-0.4, -0.2) is 32.8 Å². The minimum absolute atomic E-state index is 0.186. The van der Waals surface area contributed by atoms with Crippen LogP contribution in [0, 0.1) is 0 Å². The van der Waals surface area contributed by atoms with Crippen molar-refractivity contribution >= 4 is 39.3 Å². The number of nitrogens with two attached hydrogens (primary N) is 1. The van der Waals surface area contributed by atoms with E-state index < -0.39 is 5.25 Å². The van der Waals surface area contributed by atoms with Crippen LogP contribution in [0.15, 0.2) is 52.1 Å². The van der Waals surface area contributed by atoms with Gasteiger partial charge in [0.1, 0.15) is 0 Å². The number of carbonyl (C=O) groups is 1. The smallest absolute Gasteiger partial charge is 0.237 e. The number of thioether (sulfide) groups is 1. The minimum Gasteiger partial charge on any atom is -0.454 e. The van der Waals surface area contributed by atoms with Gasteiger partial charge in [-0.25, -0.2) is 4.68 Å². The molecule has 1 unspecified atom stereocenters. The van der Waals surface area contributed by atoms with E-state index in [9.17, 15) is 4.79 Å². The Kier molecular flexibility index (Phi) is 5.14. The van der Waals surface area contributed by atoms with E-state index in [0.717, 1.165) is 10.0 Å². The van der Waals surface area contributed by atoms with E-state index in [-0.39, 0.29) is 12.7 Å². The number of ether oxygens (including phenoxy) is 2. The molecule has 144 valence electrons. The van der Waals surface area contributed by atoms with Gasteiger partial charge in [-0.3, -0.25) is 4.79 Å². The maximum Gasteiger partial charge on any atom is 0.237 e. The zero-order chi connectivity index (χ0) is 19.7. The lowest BCUT2D eigenvalue weighted by atomic mass is 10.2. The predicted octanol–water partition coefficient (Wildman–Crippen LogP) is 3.27. The maximum atomic E-state index is 12.5. The molecule has 1 aliphatic heterocycles. The van der Waals surface area contributed by atoms with E-state index >= 15 is 0 Å². The second-order valence-corrected chi connectivity index (χ2v) is 8.14. The van der Waals surface area contributed by atoms with Gasteiger partial charge in [0.2, 0.25) is 17.9 Å². The highest BCUT2D eigenvalue weighted by Crippen LogP contribution is 2.34. The van der Waals surface area contributed by atoms with Crippen molar-refractivity contribution in [3.8, 4) is 22.9 Å². The fraction of sp³-hybridized carbons (Fsp3) is 0.167. The highest BCUT2D eigenvalue weighted by atomic mass is 79.9. The van der Waals surface area contributed by atoms with Crippen LogP contribution in [0.25, 0.3) is 11.4 Å². The Morgan fingerprint density at radius 3 is 2.86 bits per heavy atom.